The van der Waals surface area contributed by atoms with E-state index in [0.29, 0.717) is 12.2 Å². The zero-order valence-electron chi connectivity index (χ0n) is 14.5. The zero-order chi connectivity index (χ0) is 19.2. The van der Waals surface area contributed by atoms with Crippen molar-refractivity contribution < 1.29 is 24.5 Å². The molecule has 138 valence electrons. The second-order valence-corrected chi connectivity index (χ2v) is 6.04. The van der Waals surface area contributed by atoms with E-state index in [2.05, 4.69) is 5.32 Å². The fourth-order valence-corrected chi connectivity index (χ4v) is 2.62. The molecule has 0 spiro atoms. The van der Waals surface area contributed by atoms with Gasteiger partial charge in [-0.15, -0.1) is 0 Å². The van der Waals surface area contributed by atoms with Crippen molar-refractivity contribution in [1.82, 2.24) is 5.32 Å². The Bertz CT molecular complexity index is 955. The summed E-state index contributed by atoms with van der Waals surface area (Å²) in [5.41, 5.74) is 1.39. The first-order valence-electron chi connectivity index (χ1n) is 8.42. The highest BCUT2D eigenvalue weighted by molar-refractivity contribution is 6.00. The van der Waals surface area contributed by atoms with Crippen LogP contribution in [0.4, 0.5) is 0 Å². The predicted molar refractivity (Wildman–Crippen MR) is 101 cm³/mol. The van der Waals surface area contributed by atoms with Crippen LogP contribution in [-0.4, -0.2) is 34.7 Å². The standard InChI is InChI=1S/C21H19NO5/c23-12-19(21(25)26)22-20(24)17-7-6-16-11-18(9-8-15(16)10-17)27-13-14-4-2-1-3-5-14/h1-11,19,23H,12-13H2,(H,22,24)(H,25,26). The van der Waals surface area contributed by atoms with Gasteiger partial charge in [0.25, 0.3) is 5.91 Å². The van der Waals surface area contributed by atoms with Crippen LogP contribution in [-0.2, 0) is 11.4 Å². The molecule has 0 saturated carbocycles. The summed E-state index contributed by atoms with van der Waals surface area (Å²) < 4.78 is 5.80. The topological polar surface area (TPSA) is 95.9 Å². The maximum Gasteiger partial charge on any atom is 0.328 e. The number of aliphatic carboxylic acids is 1. The Morgan fingerprint density at radius 2 is 1.67 bits per heavy atom. The molecule has 1 amide bonds. The molecule has 0 aliphatic carbocycles. The molecule has 6 nitrogen and oxygen atoms in total. The molecule has 3 aromatic carbocycles. The molecule has 0 saturated heterocycles. The van der Waals surface area contributed by atoms with E-state index in [0.717, 1.165) is 22.1 Å². The lowest BCUT2D eigenvalue weighted by Gasteiger charge is -2.12. The molecule has 0 aliphatic rings. The summed E-state index contributed by atoms with van der Waals surface area (Å²) in [6.45, 7) is -0.207. The van der Waals surface area contributed by atoms with Gasteiger partial charge in [0.2, 0.25) is 0 Å². The number of benzene rings is 3. The number of carboxylic acids is 1. The summed E-state index contributed by atoms with van der Waals surface area (Å²) in [5.74, 6) is -1.12. The van der Waals surface area contributed by atoms with Crippen molar-refractivity contribution >= 4 is 22.6 Å². The van der Waals surface area contributed by atoms with Crippen LogP contribution in [0.1, 0.15) is 15.9 Å². The molecule has 0 heterocycles. The van der Waals surface area contributed by atoms with E-state index < -0.39 is 24.5 Å². The maximum absolute atomic E-state index is 12.2. The number of carbonyl (C=O) groups is 2. The molecular weight excluding hydrogens is 346 g/mol. The molecule has 0 bridgehead atoms. The number of aliphatic hydroxyl groups is 1. The van der Waals surface area contributed by atoms with Crippen LogP contribution >= 0.6 is 0 Å². The van der Waals surface area contributed by atoms with E-state index >= 15 is 0 Å². The number of carbonyl (C=O) groups excluding carboxylic acids is 1. The van der Waals surface area contributed by atoms with Gasteiger partial charge in [0.15, 0.2) is 6.04 Å². The van der Waals surface area contributed by atoms with Gasteiger partial charge in [-0.1, -0.05) is 42.5 Å². The largest absolute Gasteiger partial charge is 0.489 e. The number of hydrogen-bond donors (Lipinski definition) is 3. The Labute approximate surface area is 156 Å². The molecule has 0 radical (unpaired) electrons. The first kappa shape index (κ1) is 18.4. The molecule has 0 aliphatic heterocycles. The molecule has 0 aromatic heterocycles. The SMILES string of the molecule is O=C(NC(CO)C(=O)O)c1ccc2cc(OCc3ccccc3)ccc2c1. The lowest BCUT2D eigenvalue weighted by molar-refractivity contribution is -0.140. The Morgan fingerprint density at radius 3 is 2.37 bits per heavy atom. The third-order valence-corrected chi connectivity index (χ3v) is 4.11. The highest BCUT2D eigenvalue weighted by Gasteiger charge is 2.19. The predicted octanol–water partition coefficient (Wildman–Crippen LogP) is 2.59. The smallest absolute Gasteiger partial charge is 0.328 e. The van der Waals surface area contributed by atoms with Crippen LogP contribution < -0.4 is 10.1 Å². The molecule has 3 N–H and O–H groups in total. The van der Waals surface area contributed by atoms with E-state index in [1.807, 2.05) is 48.5 Å². The Morgan fingerprint density at radius 1 is 0.963 bits per heavy atom. The second kappa shape index (κ2) is 8.33. The summed E-state index contributed by atoms with van der Waals surface area (Å²) in [4.78, 5) is 23.1. The van der Waals surface area contributed by atoms with Gasteiger partial charge < -0.3 is 20.3 Å². The van der Waals surface area contributed by atoms with Crippen molar-refractivity contribution in [3.8, 4) is 5.75 Å². The first-order chi connectivity index (χ1) is 13.1. The minimum absolute atomic E-state index is 0.320. The molecule has 1 unspecified atom stereocenters. The van der Waals surface area contributed by atoms with Gasteiger partial charge in [0, 0.05) is 5.56 Å². The zero-order valence-corrected chi connectivity index (χ0v) is 14.5. The van der Waals surface area contributed by atoms with Crippen molar-refractivity contribution in [2.45, 2.75) is 12.6 Å². The third-order valence-electron chi connectivity index (χ3n) is 4.11. The average Bonchev–Trinajstić information content (AvgIpc) is 2.70. The number of hydrogen-bond acceptors (Lipinski definition) is 4. The fraction of sp³-hybridized carbons (Fsp3) is 0.143. The normalized spacial score (nSPS) is 11.7. The van der Waals surface area contributed by atoms with Gasteiger partial charge in [-0.05, 0) is 40.6 Å². The van der Waals surface area contributed by atoms with Crippen LogP contribution in [0.3, 0.4) is 0 Å². The third kappa shape index (κ3) is 4.62. The quantitative estimate of drug-likeness (QED) is 0.598. The van der Waals surface area contributed by atoms with E-state index in [1.165, 1.54) is 0 Å². The van der Waals surface area contributed by atoms with Crippen LogP contribution in [0, 0.1) is 0 Å². The van der Waals surface area contributed by atoms with E-state index in [9.17, 15) is 9.59 Å². The van der Waals surface area contributed by atoms with Gasteiger partial charge in [0.1, 0.15) is 12.4 Å². The van der Waals surface area contributed by atoms with Crippen molar-refractivity contribution in [2.24, 2.45) is 0 Å². The van der Waals surface area contributed by atoms with Crippen LogP contribution in [0.15, 0.2) is 66.7 Å². The number of carboxylic acid groups (broad SMARTS) is 1. The van der Waals surface area contributed by atoms with Crippen molar-refractivity contribution in [1.29, 1.82) is 0 Å². The first-order valence-corrected chi connectivity index (χ1v) is 8.42. The van der Waals surface area contributed by atoms with Gasteiger partial charge in [-0.3, -0.25) is 4.79 Å². The number of amides is 1. The highest BCUT2D eigenvalue weighted by atomic mass is 16.5. The number of ether oxygens (including phenoxy) is 1. The van der Waals surface area contributed by atoms with Crippen molar-refractivity contribution in [2.75, 3.05) is 6.61 Å². The maximum atomic E-state index is 12.2. The fourth-order valence-electron chi connectivity index (χ4n) is 2.62. The summed E-state index contributed by atoms with van der Waals surface area (Å²) in [5, 5.41) is 21.9. The molecule has 6 heteroatoms. The molecule has 3 aromatic rings. The lowest BCUT2D eigenvalue weighted by atomic mass is 10.1. The number of aliphatic hydroxyl groups excluding tert-OH is 1. The van der Waals surface area contributed by atoms with Crippen LogP contribution in [0.5, 0.6) is 5.75 Å². The van der Waals surface area contributed by atoms with Crippen LogP contribution in [0.2, 0.25) is 0 Å². The van der Waals surface area contributed by atoms with Gasteiger partial charge >= 0.3 is 5.97 Å². The molecule has 3 rings (SSSR count). The molecular formula is C21H19NO5. The Balaban J connectivity index is 1.73. The Hall–Kier alpha value is -3.38. The molecule has 1 atom stereocenters. The minimum atomic E-state index is -1.33. The summed E-state index contributed by atoms with van der Waals surface area (Å²) >= 11 is 0. The van der Waals surface area contributed by atoms with Crippen molar-refractivity contribution in [3.63, 3.8) is 0 Å². The van der Waals surface area contributed by atoms with E-state index in [1.54, 1.807) is 18.2 Å². The second-order valence-electron chi connectivity index (χ2n) is 6.04. The van der Waals surface area contributed by atoms with Gasteiger partial charge in [0.05, 0.1) is 6.61 Å². The highest BCUT2D eigenvalue weighted by Crippen LogP contribution is 2.23. The van der Waals surface area contributed by atoms with Gasteiger partial charge in [-0.2, -0.15) is 0 Å². The number of nitrogens with one attached hydrogen (secondary N) is 1. The van der Waals surface area contributed by atoms with E-state index in [-0.39, 0.29) is 0 Å². The lowest BCUT2D eigenvalue weighted by Crippen LogP contribution is -2.43. The summed E-state index contributed by atoms with van der Waals surface area (Å²) in [6.07, 6.45) is 0. The van der Waals surface area contributed by atoms with Gasteiger partial charge in [-0.25, -0.2) is 4.79 Å². The average molecular weight is 365 g/mol. The van der Waals surface area contributed by atoms with E-state index in [4.69, 9.17) is 14.9 Å². The van der Waals surface area contributed by atoms with Crippen LogP contribution in [0.25, 0.3) is 10.8 Å². The molecule has 27 heavy (non-hydrogen) atoms. The minimum Gasteiger partial charge on any atom is -0.489 e. The number of rotatable bonds is 7. The number of fused-ring (bicyclic) bond motifs is 1. The Kier molecular flexibility index (Phi) is 5.68. The summed E-state index contributed by atoms with van der Waals surface area (Å²) in [6, 6.07) is 19.1. The molecule has 0 fully saturated rings. The monoisotopic (exact) mass is 365 g/mol. The summed E-state index contributed by atoms with van der Waals surface area (Å²) in [7, 11) is 0. The van der Waals surface area contributed by atoms with Crippen molar-refractivity contribution in [3.05, 3.63) is 77.9 Å².